The van der Waals surface area contributed by atoms with Gasteiger partial charge in [-0.15, -0.1) is 0 Å². The highest BCUT2D eigenvalue weighted by molar-refractivity contribution is 5.80. The molecule has 0 aromatic rings. The standard InChI is InChI=1S/C18H34O/c1-3-4-5-6-7-8-12-15-18(19)16(2)17-13-10-9-11-14-17/h16-17H,3-15H2,1-2H3. The lowest BCUT2D eigenvalue weighted by molar-refractivity contribution is -0.124. The van der Waals surface area contributed by atoms with Crippen molar-refractivity contribution in [2.75, 3.05) is 0 Å². The molecule has 1 nitrogen and oxygen atoms in total. The molecule has 1 saturated carbocycles. The van der Waals surface area contributed by atoms with Crippen LogP contribution in [-0.4, -0.2) is 5.78 Å². The summed E-state index contributed by atoms with van der Waals surface area (Å²) in [6.07, 6.45) is 16.6. The van der Waals surface area contributed by atoms with Crippen LogP contribution in [0.15, 0.2) is 0 Å². The first-order valence-corrected chi connectivity index (χ1v) is 8.78. The minimum absolute atomic E-state index is 0.334. The number of carbonyl (C=O) groups excluding carboxylic acids is 1. The zero-order valence-corrected chi connectivity index (χ0v) is 13.3. The number of hydrogen-bond donors (Lipinski definition) is 0. The summed E-state index contributed by atoms with van der Waals surface area (Å²) >= 11 is 0. The van der Waals surface area contributed by atoms with Crippen LogP contribution in [-0.2, 0) is 4.79 Å². The normalized spacial score (nSPS) is 18.4. The fourth-order valence-electron chi connectivity index (χ4n) is 3.38. The second-order valence-corrected chi connectivity index (χ2v) is 6.52. The predicted molar refractivity (Wildman–Crippen MR) is 83.4 cm³/mol. The van der Waals surface area contributed by atoms with Crippen LogP contribution in [0.25, 0.3) is 0 Å². The molecule has 0 saturated heterocycles. The van der Waals surface area contributed by atoms with Crippen molar-refractivity contribution in [3.05, 3.63) is 0 Å². The number of ketones is 1. The van der Waals surface area contributed by atoms with Crippen LogP contribution in [0.3, 0.4) is 0 Å². The Morgan fingerprint density at radius 1 is 0.947 bits per heavy atom. The van der Waals surface area contributed by atoms with Gasteiger partial charge in [-0.05, 0) is 25.2 Å². The third-order valence-electron chi connectivity index (χ3n) is 4.89. The van der Waals surface area contributed by atoms with E-state index in [1.807, 2.05) is 0 Å². The maximum atomic E-state index is 12.2. The van der Waals surface area contributed by atoms with Gasteiger partial charge < -0.3 is 0 Å². The summed E-state index contributed by atoms with van der Waals surface area (Å²) in [7, 11) is 0. The lowest BCUT2D eigenvalue weighted by atomic mass is 9.78. The van der Waals surface area contributed by atoms with Gasteiger partial charge in [0.2, 0.25) is 0 Å². The Labute approximate surface area is 120 Å². The molecule has 0 heterocycles. The average molecular weight is 266 g/mol. The molecule has 0 radical (unpaired) electrons. The Bertz CT molecular complexity index is 228. The summed E-state index contributed by atoms with van der Waals surface area (Å²) in [5.74, 6) is 1.58. The third kappa shape index (κ3) is 7.13. The Balaban J connectivity index is 2.03. The van der Waals surface area contributed by atoms with E-state index in [0.717, 1.165) is 12.8 Å². The molecule has 0 aliphatic heterocycles. The summed E-state index contributed by atoms with van der Waals surface area (Å²) in [6, 6.07) is 0. The van der Waals surface area contributed by atoms with Crippen molar-refractivity contribution in [3.8, 4) is 0 Å². The highest BCUT2D eigenvalue weighted by Gasteiger charge is 2.24. The lowest BCUT2D eigenvalue weighted by Crippen LogP contribution is -2.23. The third-order valence-corrected chi connectivity index (χ3v) is 4.89. The molecule has 1 heteroatoms. The topological polar surface area (TPSA) is 17.1 Å². The van der Waals surface area contributed by atoms with Gasteiger partial charge in [-0.1, -0.05) is 71.6 Å². The van der Waals surface area contributed by atoms with Crippen LogP contribution < -0.4 is 0 Å². The molecule has 1 fully saturated rings. The highest BCUT2D eigenvalue weighted by Crippen LogP contribution is 2.31. The Morgan fingerprint density at radius 3 is 2.16 bits per heavy atom. The number of unbranched alkanes of at least 4 members (excludes halogenated alkanes) is 6. The predicted octanol–water partition coefficient (Wildman–Crippen LogP) is 5.91. The van der Waals surface area contributed by atoms with Crippen molar-refractivity contribution in [3.63, 3.8) is 0 Å². The van der Waals surface area contributed by atoms with E-state index in [-0.39, 0.29) is 0 Å². The van der Waals surface area contributed by atoms with E-state index in [4.69, 9.17) is 0 Å². The Hall–Kier alpha value is -0.330. The lowest BCUT2D eigenvalue weighted by Gasteiger charge is -2.26. The van der Waals surface area contributed by atoms with Crippen LogP contribution in [0.5, 0.6) is 0 Å². The van der Waals surface area contributed by atoms with Crippen molar-refractivity contribution < 1.29 is 4.79 Å². The maximum absolute atomic E-state index is 12.2. The molecule has 0 aromatic carbocycles. The fraction of sp³-hybridized carbons (Fsp3) is 0.944. The highest BCUT2D eigenvalue weighted by atomic mass is 16.1. The molecule has 112 valence electrons. The molecule has 0 amide bonds. The Morgan fingerprint density at radius 2 is 1.53 bits per heavy atom. The average Bonchev–Trinajstić information content (AvgIpc) is 2.46. The zero-order valence-electron chi connectivity index (χ0n) is 13.3. The summed E-state index contributed by atoms with van der Waals surface area (Å²) in [5, 5.41) is 0. The molecule has 0 aromatic heterocycles. The number of hydrogen-bond acceptors (Lipinski definition) is 1. The minimum atomic E-state index is 0.334. The van der Waals surface area contributed by atoms with Crippen molar-refractivity contribution >= 4 is 5.78 Å². The maximum Gasteiger partial charge on any atom is 0.135 e. The molecule has 1 atom stereocenters. The van der Waals surface area contributed by atoms with Gasteiger partial charge in [0.15, 0.2) is 0 Å². The second-order valence-electron chi connectivity index (χ2n) is 6.52. The zero-order chi connectivity index (χ0) is 13.9. The van der Waals surface area contributed by atoms with E-state index in [1.54, 1.807) is 0 Å². The van der Waals surface area contributed by atoms with E-state index < -0.39 is 0 Å². The molecule has 1 unspecified atom stereocenters. The SMILES string of the molecule is CCCCCCCCCC(=O)C(C)C1CCCCC1. The van der Waals surface area contributed by atoms with Crippen molar-refractivity contribution in [1.29, 1.82) is 0 Å². The molecule has 1 rings (SSSR count). The quantitative estimate of drug-likeness (QED) is 0.449. The van der Waals surface area contributed by atoms with Crippen LogP contribution in [0, 0.1) is 11.8 Å². The summed E-state index contributed by atoms with van der Waals surface area (Å²) in [6.45, 7) is 4.44. The van der Waals surface area contributed by atoms with E-state index in [9.17, 15) is 4.79 Å². The number of rotatable bonds is 10. The van der Waals surface area contributed by atoms with Gasteiger partial charge >= 0.3 is 0 Å². The van der Waals surface area contributed by atoms with Gasteiger partial charge in [0.25, 0.3) is 0 Å². The van der Waals surface area contributed by atoms with Crippen LogP contribution in [0.1, 0.15) is 97.3 Å². The van der Waals surface area contributed by atoms with Crippen LogP contribution >= 0.6 is 0 Å². The second kappa shape index (κ2) is 10.5. The van der Waals surface area contributed by atoms with Gasteiger partial charge in [-0.25, -0.2) is 0 Å². The summed E-state index contributed by atoms with van der Waals surface area (Å²) in [4.78, 5) is 12.2. The largest absolute Gasteiger partial charge is 0.299 e. The van der Waals surface area contributed by atoms with E-state index in [0.29, 0.717) is 17.6 Å². The molecule has 0 bridgehead atoms. The van der Waals surface area contributed by atoms with Crippen molar-refractivity contribution in [2.45, 2.75) is 97.3 Å². The molecule has 19 heavy (non-hydrogen) atoms. The number of carbonyl (C=O) groups is 1. The van der Waals surface area contributed by atoms with E-state index >= 15 is 0 Å². The van der Waals surface area contributed by atoms with Gasteiger partial charge in [-0.2, -0.15) is 0 Å². The van der Waals surface area contributed by atoms with Crippen LogP contribution in [0.2, 0.25) is 0 Å². The molecule has 0 N–H and O–H groups in total. The molecule has 1 aliphatic carbocycles. The van der Waals surface area contributed by atoms with Crippen LogP contribution in [0.4, 0.5) is 0 Å². The monoisotopic (exact) mass is 266 g/mol. The number of Topliss-reactive ketones (excluding diaryl/α,β-unsaturated/α-hetero) is 1. The molecular weight excluding hydrogens is 232 g/mol. The summed E-state index contributed by atoms with van der Waals surface area (Å²) < 4.78 is 0. The minimum Gasteiger partial charge on any atom is -0.299 e. The first kappa shape index (κ1) is 16.7. The van der Waals surface area contributed by atoms with E-state index in [1.165, 1.54) is 70.6 Å². The molecule has 0 spiro atoms. The van der Waals surface area contributed by atoms with Crippen molar-refractivity contribution in [1.82, 2.24) is 0 Å². The van der Waals surface area contributed by atoms with Gasteiger partial charge in [0.05, 0.1) is 0 Å². The summed E-state index contributed by atoms with van der Waals surface area (Å²) in [5.41, 5.74) is 0. The molecule has 1 aliphatic rings. The molecular formula is C18H34O. The first-order valence-electron chi connectivity index (χ1n) is 8.78. The first-order chi connectivity index (χ1) is 9.25. The smallest absolute Gasteiger partial charge is 0.135 e. The Kier molecular flexibility index (Phi) is 9.20. The fourth-order valence-corrected chi connectivity index (χ4v) is 3.38. The van der Waals surface area contributed by atoms with Gasteiger partial charge in [0.1, 0.15) is 5.78 Å². The van der Waals surface area contributed by atoms with Crippen molar-refractivity contribution in [2.24, 2.45) is 11.8 Å². The van der Waals surface area contributed by atoms with Gasteiger partial charge in [-0.3, -0.25) is 4.79 Å². The van der Waals surface area contributed by atoms with Gasteiger partial charge in [0, 0.05) is 12.3 Å². The van der Waals surface area contributed by atoms with E-state index in [2.05, 4.69) is 13.8 Å².